The van der Waals surface area contributed by atoms with Crippen LogP contribution in [0.15, 0.2) is 61.1 Å². The minimum Gasteiger partial charge on any atom is -0.347 e. The first-order valence-corrected chi connectivity index (χ1v) is 8.81. The summed E-state index contributed by atoms with van der Waals surface area (Å²) in [6.45, 7) is 0.484. The fourth-order valence-electron chi connectivity index (χ4n) is 2.48. The quantitative estimate of drug-likeness (QED) is 0.591. The Balaban J connectivity index is 1.55. The van der Waals surface area contributed by atoms with Crippen molar-refractivity contribution in [2.24, 2.45) is 0 Å². The van der Waals surface area contributed by atoms with Crippen LogP contribution in [0.4, 0.5) is 0 Å². The molecule has 0 spiro atoms. The zero-order valence-corrected chi connectivity index (χ0v) is 14.6. The molecule has 1 N–H and O–H groups in total. The van der Waals surface area contributed by atoms with E-state index < -0.39 is 0 Å². The lowest BCUT2D eigenvalue weighted by Crippen LogP contribution is -2.21. The van der Waals surface area contributed by atoms with E-state index in [2.05, 4.69) is 15.3 Å². The van der Waals surface area contributed by atoms with Gasteiger partial charge in [-0.1, -0.05) is 41.9 Å². The predicted octanol–water partition coefficient (Wildman–Crippen LogP) is 4.04. The number of hydrogen-bond donors (Lipinski definition) is 1. The summed E-state index contributed by atoms with van der Waals surface area (Å²) in [6.07, 6.45) is 5.11. The average molecular weight is 369 g/mol. The summed E-state index contributed by atoms with van der Waals surface area (Å²) in [5.74, 6) is -0.139. The van der Waals surface area contributed by atoms with Crippen LogP contribution in [-0.4, -0.2) is 20.3 Å². The van der Waals surface area contributed by atoms with Crippen LogP contribution < -0.4 is 5.32 Å². The molecule has 0 unspecified atom stereocenters. The summed E-state index contributed by atoms with van der Waals surface area (Å²) < 4.78 is 1.87. The van der Waals surface area contributed by atoms with Crippen LogP contribution in [0.5, 0.6) is 0 Å². The number of carbonyl (C=O) groups excluding carboxylic acids is 1. The molecule has 0 saturated carbocycles. The number of hydrogen-bond acceptors (Lipinski definition) is 4. The van der Waals surface area contributed by atoms with E-state index in [-0.39, 0.29) is 5.91 Å². The first kappa shape index (κ1) is 15.8. The molecule has 0 bridgehead atoms. The molecule has 3 heterocycles. The number of amides is 1. The molecular formula is C18H13ClN4OS. The average Bonchev–Trinajstić information content (AvgIpc) is 3.27. The Labute approximate surface area is 152 Å². The largest absolute Gasteiger partial charge is 0.347 e. The Morgan fingerprint density at radius 1 is 1.12 bits per heavy atom. The van der Waals surface area contributed by atoms with Crippen LogP contribution >= 0.6 is 22.9 Å². The van der Waals surface area contributed by atoms with Crippen molar-refractivity contribution in [3.8, 4) is 10.7 Å². The van der Waals surface area contributed by atoms with Gasteiger partial charge in [-0.15, -0.1) is 11.3 Å². The van der Waals surface area contributed by atoms with E-state index in [4.69, 9.17) is 11.6 Å². The van der Waals surface area contributed by atoms with Crippen LogP contribution in [-0.2, 0) is 6.54 Å². The molecule has 1 amide bonds. The van der Waals surface area contributed by atoms with Gasteiger partial charge in [0, 0.05) is 12.7 Å². The zero-order chi connectivity index (χ0) is 17.2. The molecule has 7 heteroatoms. The molecule has 0 aliphatic rings. The second-order valence-electron chi connectivity index (χ2n) is 5.42. The van der Waals surface area contributed by atoms with E-state index in [9.17, 15) is 4.79 Å². The van der Waals surface area contributed by atoms with Gasteiger partial charge in [0.25, 0.3) is 5.91 Å². The highest BCUT2D eigenvalue weighted by atomic mass is 35.5. The SMILES string of the molecule is O=C(NCc1ccccc1)c1cnc(-c2cnc3ccc(Cl)cn23)s1. The molecule has 0 aliphatic carbocycles. The van der Waals surface area contributed by atoms with Crippen LogP contribution in [0.2, 0.25) is 5.02 Å². The predicted molar refractivity (Wildman–Crippen MR) is 98.9 cm³/mol. The van der Waals surface area contributed by atoms with Gasteiger partial charge in [-0.25, -0.2) is 9.97 Å². The maximum Gasteiger partial charge on any atom is 0.263 e. The number of fused-ring (bicyclic) bond motifs is 1. The minimum atomic E-state index is -0.139. The number of halogens is 1. The fraction of sp³-hybridized carbons (Fsp3) is 0.0556. The zero-order valence-electron chi connectivity index (χ0n) is 13.0. The number of pyridine rings is 1. The fourth-order valence-corrected chi connectivity index (χ4v) is 3.48. The van der Waals surface area contributed by atoms with E-state index in [1.807, 2.05) is 40.8 Å². The molecule has 5 nitrogen and oxygen atoms in total. The van der Waals surface area contributed by atoms with Gasteiger partial charge in [0.15, 0.2) is 0 Å². The first-order chi connectivity index (χ1) is 12.2. The lowest BCUT2D eigenvalue weighted by molar-refractivity contribution is 0.0955. The third-order valence-electron chi connectivity index (χ3n) is 3.71. The van der Waals surface area contributed by atoms with Crippen LogP contribution in [0, 0.1) is 0 Å². The smallest absolute Gasteiger partial charge is 0.263 e. The van der Waals surface area contributed by atoms with Crippen molar-refractivity contribution in [3.05, 3.63) is 76.5 Å². The Kier molecular flexibility index (Phi) is 4.21. The molecule has 0 atom stereocenters. The Bertz CT molecular complexity index is 1040. The topological polar surface area (TPSA) is 59.3 Å². The maximum atomic E-state index is 12.3. The number of benzene rings is 1. The summed E-state index contributed by atoms with van der Waals surface area (Å²) in [7, 11) is 0. The Hall–Kier alpha value is -2.70. The van der Waals surface area contributed by atoms with E-state index in [1.54, 1.807) is 24.7 Å². The van der Waals surface area contributed by atoms with Gasteiger partial charge in [0.1, 0.15) is 21.2 Å². The molecule has 1 aromatic carbocycles. The molecule has 3 aromatic heterocycles. The van der Waals surface area contributed by atoms with Crippen molar-refractivity contribution in [2.75, 3.05) is 0 Å². The third kappa shape index (κ3) is 3.26. The van der Waals surface area contributed by atoms with Crippen LogP contribution in [0.25, 0.3) is 16.3 Å². The summed E-state index contributed by atoms with van der Waals surface area (Å²) >= 11 is 7.39. The van der Waals surface area contributed by atoms with Crippen molar-refractivity contribution >= 4 is 34.5 Å². The highest BCUT2D eigenvalue weighted by molar-refractivity contribution is 7.16. The van der Waals surface area contributed by atoms with Gasteiger partial charge in [-0.2, -0.15) is 0 Å². The summed E-state index contributed by atoms with van der Waals surface area (Å²) in [6, 6.07) is 13.4. The molecule has 4 aromatic rings. The van der Waals surface area contributed by atoms with Crippen LogP contribution in [0.3, 0.4) is 0 Å². The van der Waals surface area contributed by atoms with E-state index in [0.717, 1.165) is 21.9 Å². The van der Waals surface area contributed by atoms with Gasteiger partial charge in [-0.05, 0) is 17.7 Å². The van der Waals surface area contributed by atoms with Crippen molar-refractivity contribution in [1.82, 2.24) is 19.7 Å². The lowest BCUT2D eigenvalue weighted by atomic mass is 10.2. The number of carbonyl (C=O) groups is 1. The number of nitrogens with one attached hydrogen (secondary N) is 1. The van der Waals surface area contributed by atoms with E-state index >= 15 is 0 Å². The second kappa shape index (κ2) is 6.66. The first-order valence-electron chi connectivity index (χ1n) is 7.61. The van der Waals surface area contributed by atoms with Crippen molar-refractivity contribution in [1.29, 1.82) is 0 Å². The Morgan fingerprint density at radius 2 is 1.96 bits per heavy atom. The van der Waals surface area contributed by atoms with Crippen molar-refractivity contribution in [2.45, 2.75) is 6.54 Å². The molecule has 4 rings (SSSR count). The number of aromatic nitrogens is 3. The monoisotopic (exact) mass is 368 g/mol. The number of nitrogens with zero attached hydrogens (tertiary/aromatic N) is 3. The summed E-state index contributed by atoms with van der Waals surface area (Å²) in [5.41, 5.74) is 2.64. The van der Waals surface area contributed by atoms with Crippen LogP contribution in [0.1, 0.15) is 15.2 Å². The molecule has 0 fully saturated rings. The Morgan fingerprint density at radius 3 is 2.80 bits per heavy atom. The molecular weight excluding hydrogens is 356 g/mol. The standard InChI is InChI=1S/C18H13ClN4OS/c19-13-6-7-16-20-9-14(23(16)11-13)18-22-10-15(25-18)17(24)21-8-12-4-2-1-3-5-12/h1-7,9-11H,8H2,(H,21,24). The van der Waals surface area contributed by atoms with Crippen molar-refractivity contribution in [3.63, 3.8) is 0 Å². The van der Waals surface area contributed by atoms with Gasteiger partial charge in [0.2, 0.25) is 0 Å². The molecule has 0 aliphatic heterocycles. The third-order valence-corrected chi connectivity index (χ3v) is 4.96. The summed E-state index contributed by atoms with van der Waals surface area (Å²) in [5, 5.41) is 4.24. The lowest BCUT2D eigenvalue weighted by Gasteiger charge is -2.02. The molecule has 25 heavy (non-hydrogen) atoms. The maximum absolute atomic E-state index is 12.3. The van der Waals surface area contributed by atoms with E-state index in [0.29, 0.717) is 16.4 Å². The number of thiazole rings is 1. The van der Waals surface area contributed by atoms with Crippen molar-refractivity contribution < 1.29 is 4.79 Å². The highest BCUT2D eigenvalue weighted by Crippen LogP contribution is 2.27. The highest BCUT2D eigenvalue weighted by Gasteiger charge is 2.14. The molecule has 0 saturated heterocycles. The normalized spacial score (nSPS) is 10.9. The minimum absolute atomic E-state index is 0.139. The molecule has 124 valence electrons. The summed E-state index contributed by atoms with van der Waals surface area (Å²) in [4.78, 5) is 21.6. The number of rotatable bonds is 4. The van der Waals surface area contributed by atoms with Gasteiger partial charge in [-0.3, -0.25) is 9.20 Å². The molecule has 0 radical (unpaired) electrons. The number of imidazole rings is 1. The van der Waals surface area contributed by atoms with Gasteiger partial charge in [0.05, 0.1) is 17.4 Å². The second-order valence-corrected chi connectivity index (χ2v) is 6.88. The van der Waals surface area contributed by atoms with Gasteiger partial charge < -0.3 is 5.32 Å². The van der Waals surface area contributed by atoms with E-state index in [1.165, 1.54) is 11.3 Å². The van der Waals surface area contributed by atoms with Gasteiger partial charge >= 0.3 is 0 Å².